The summed E-state index contributed by atoms with van der Waals surface area (Å²) < 4.78 is 13.1. The Labute approximate surface area is 69.2 Å². The van der Waals surface area contributed by atoms with Gasteiger partial charge in [0.25, 0.3) is 0 Å². The maximum Gasteiger partial charge on any atom is 0.103 e. The van der Waals surface area contributed by atoms with Crippen molar-refractivity contribution in [1.29, 1.82) is 0 Å². The highest BCUT2D eigenvalue weighted by molar-refractivity contribution is 4.73. The van der Waals surface area contributed by atoms with Crippen LogP contribution < -0.4 is 0 Å². The third-order valence-corrected chi connectivity index (χ3v) is 3.08. The van der Waals surface area contributed by atoms with Crippen LogP contribution >= 0.6 is 0 Å². The molecule has 0 bridgehead atoms. The second-order valence-electron chi connectivity index (χ2n) is 3.92. The maximum absolute atomic E-state index is 13.1. The predicted octanol–water partition coefficient (Wildman–Crippen LogP) is 3.56. The first-order chi connectivity index (χ1) is 5.24. The Balaban J connectivity index is 2.38. The molecule has 0 aliphatic heterocycles. The molecule has 1 fully saturated rings. The van der Waals surface area contributed by atoms with Crippen molar-refractivity contribution in [2.24, 2.45) is 11.8 Å². The molecule has 0 heterocycles. The van der Waals surface area contributed by atoms with E-state index < -0.39 is 6.17 Å². The van der Waals surface area contributed by atoms with E-state index in [1.165, 1.54) is 12.8 Å². The molecule has 2 unspecified atom stereocenters. The van der Waals surface area contributed by atoms with Gasteiger partial charge in [-0.1, -0.05) is 26.7 Å². The minimum absolute atomic E-state index is 0.312. The molecule has 0 amide bonds. The van der Waals surface area contributed by atoms with Gasteiger partial charge in [0.2, 0.25) is 0 Å². The molecule has 1 saturated carbocycles. The van der Waals surface area contributed by atoms with E-state index in [2.05, 4.69) is 6.92 Å². The van der Waals surface area contributed by atoms with Crippen LogP contribution in [0, 0.1) is 11.8 Å². The van der Waals surface area contributed by atoms with Gasteiger partial charge in [0.05, 0.1) is 0 Å². The highest BCUT2D eigenvalue weighted by Gasteiger charge is 2.22. The summed E-state index contributed by atoms with van der Waals surface area (Å²) in [5.41, 5.74) is 0. The van der Waals surface area contributed by atoms with E-state index in [9.17, 15) is 4.39 Å². The van der Waals surface area contributed by atoms with Crippen LogP contribution in [0.25, 0.3) is 0 Å². The number of hydrogen-bond acceptors (Lipinski definition) is 0. The normalized spacial score (nSPS) is 40.1. The topological polar surface area (TPSA) is 0 Å². The van der Waals surface area contributed by atoms with Gasteiger partial charge in [-0.05, 0) is 31.1 Å². The van der Waals surface area contributed by atoms with Crippen LogP contribution in [0.5, 0.6) is 0 Å². The van der Waals surface area contributed by atoms with Crippen molar-refractivity contribution in [3.8, 4) is 0 Å². The van der Waals surface area contributed by atoms with E-state index in [1.54, 1.807) is 0 Å². The molecule has 11 heavy (non-hydrogen) atoms. The van der Waals surface area contributed by atoms with Crippen molar-refractivity contribution in [1.82, 2.24) is 0 Å². The first kappa shape index (κ1) is 9.02. The average Bonchev–Trinajstić information content (AvgIpc) is 2.16. The molecule has 1 aliphatic rings. The molecular weight excluding hydrogens is 139 g/mol. The van der Waals surface area contributed by atoms with Gasteiger partial charge in [-0.3, -0.25) is 0 Å². The van der Waals surface area contributed by atoms with E-state index in [0.717, 1.165) is 25.2 Å². The number of hydrogen-bond donors (Lipinski definition) is 0. The zero-order valence-corrected chi connectivity index (χ0v) is 7.65. The Morgan fingerprint density at radius 2 is 1.82 bits per heavy atom. The van der Waals surface area contributed by atoms with E-state index in [1.807, 2.05) is 6.92 Å². The van der Waals surface area contributed by atoms with Crippen LogP contribution in [0.2, 0.25) is 0 Å². The summed E-state index contributed by atoms with van der Waals surface area (Å²) in [5, 5.41) is 0. The molecular formula is C10H19F. The third kappa shape index (κ3) is 2.46. The fourth-order valence-corrected chi connectivity index (χ4v) is 1.91. The second kappa shape index (κ2) is 4.08. The lowest BCUT2D eigenvalue weighted by atomic mass is 9.97. The van der Waals surface area contributed by atoms with Gasteiger partial charge >= 0.3 is 0 Å². The Kier molecular flexibility index (Phi) is 3.35. The molecule has 66 valence electrons. The fourth-order valence-electron chi connectivity index (χ4n) is 1.91. The second-order valence-corrected chi connectivity index (χ2v) is 3.92. The molecule has 0 nitrogen and oxygen atoms in total. The van der Waals surface area contributed by atoms with Crippen molar-refractivity contribution >= 4 is 0 Å². The summed E-state index contributed by atoms with van der Waals surface area (Å²) in [6, 6.07) is 0. The summed E-state index contributed by atoms with van der Waals surface area (Å²) in [6.07, 6.45) is 4.98. The first-order valence-electron chi connectivity index (χ1n) is 4.88. The van der Waals surface area contributed by atoms with Gasteiger partial charge in [-0.2, -0.15) is 0 Å². The van der Waals surface area contributed by atoms with Crippen molar-refractivity contribution < 1.29 is 4.39 Å². The lowest BCUT2D eigenvalue weighted by Gasteiger charge is -2.10. The van der Waals surface area contributed by atoms with Crippen LogP contribution in [0.15, 0.2) is 0 Å². The first-order valence-corrected chi connectivity index (χ1v) is 4.88. The van der Waals surface area contributed by atoms with Gasteiger partial charge in [0, 0.05) is 0 Å². The smallest absolute Gasteiger partial charge is 0.103 e. The standard InChI is InChI=1S/C10H19F/c1-3-9-5-4-8(2)10(11)7-6-9/h8-10H,3-7H2,1-2H3/t8?,9-,10?/m1/s1. The minimum atomic E-state index is -0.522. The van der Waals surface area contributed by atoms with Gasteiger partial charge in [-0.15, -0.1) is 0 Å². The molecule has 0 radical (unpaired) electrons. The van der Waals surface area contributed by atoms with E-state index in [4.69, 9.17) is 0 Å². The highest BCUT2D eigenvalue weighted by Crippen LogP contribution is 2.30. The summed E-state index contributed by atoms with van der Waals surface area (Å²) in [6.45, 7) is 4.26. The molecule has 0 aromatic rings. The zero-order valence-electron chi connectivity index (χ0n) is 7.65. The minimum Gasteiger partial charge on any atom is -0.247 e. The fraction of sp³-hybridized carbons (Fsp3) is 1.00. The van der Waals surface area contributed by atoms with E-state index in [0.29, 0.717) is 5.92 Å². The van der Waals surface area contributed by atoms with E-state index >= 15 is 0 Å². The van der Waals surface area contributed by atoms with Crippen molar-refractivity contribution in [2.45, 2.75) is 52.1 Å². The van der Waals surface area contributed by atoms with Crippen LogP contribution in [0.4, 0.5) is 4.39 Å². The molecule has 0 spiro atoms. The Bertz CT molecular complexity index is 99.4. The average molecular weight is 158 g/mol. The molecule has 0 saturated heterocycles. The Hall–Kier alpha value is -0.0700. The SMILES string of the molecule is CC[C@@H]1CCC(C)C(F)CC1. The summed E-state index contributed by atoms with van der Waals surface area (Å²) in [7, 11) is 0. The maximum atomic E-state index is 13.1. The van der Waals surface area contributed by atoms with Crippen molar-refractivity contribution in [3.05, 3.63) is 0 Å². The molecule has 3 atom stereocenters. The van der Waals surface area contributed by atoms with Crippen LogP contribution in [-0.2, 0) is 0 Å². The van der Waals surface area contributed by atoms with Gasteiger partial charge < -0.3 is 0 Å². The molecule has 1 aliphatic carbocycles. The van der Waals surface area contributed by atoms with Crippen LogP contribution in [-0.4, -0.2) is 6.17 Å². The molecule has 0 aromatic heterocycles. The van der Waals surface area contributed by atoms with Crippen LogP contribution in [0.1, 0.15) is 46.0 Å². The molecule has 1 heteroatoms. The van der Waals surface area contributed by atoms with Crippen LogP contribution in [0.3, 0.4) is 0 Å². The summed E-state index contributed by atoms with van der Waals surface area (Å²) in [5.74, 6) is 1.12. The lowest BCUT2D eigenvalue weighted by Crippen LogP contribution is -2.09. The number of alkyl halides is 1. The zero-order chi connectivity index (χ0) is 8.27. The van der Waals surface area contributed by atoms with Gasteiger partial charge in [0.15, 0.2) is 0 Å². The van der Waals surface area contributed by atoms with E-state index in [-0.39, 0.29) is 0 Å². The molecule has 0 N–H and O–H groups in total. The quantitative estimate of drug-likeness (QED) is 0.512. The third-order valence-electron chi connectivity index (χ3n) is 3.08. The summed E-state index contributed by atoms with van der Waals surface area (Å²) >= 11 is 0. The predicted molar refractivity (Wildman–Crippen MR) is 46.3 cm³/mol. The van der Waals surface area contributed by atoms with Gasteiger partial charge in [0.1, 0.15) is 6.17 Å². The largest absolute Gasteiger partial charge is 0.247 e. The Morgan fingerprint density at radius 1 is 1.18 bits per heavy atom. The van der Waals surface area contributed by atoms with Crippen molar-refractivity contribution in [2.75, 3.05) is 0 Å². The number of rotatable bonds is 1. The lowest BCUT2D eigenvalue weighted by molar-refractivity contribution is 0.229. The monoisotopic (exact) mass is 158 g/mol. The van der Waals surface area contributed by atoms with Crippen molar-refractivity contribution in [3.63, 3.8) is 0 Å². The molecule has 0 aromatic carbocycles. The Morgan fingerprint density at radius 3 is 2.45 bits per heavy atom. The highest BCUT2D eigenvalue weighted by atomic mass is 19.1. The summed E-state index contributed by atoms with van der Waals surface area (Å²) in [4.78, 5) is 0. The molecule has 1 rings (SSSR count). The van der Waals surface area contributed by atoms with Gasteiger partial charge in [-0.25, -0.2) is 4.39 Å². The number of halogens is 1.